The Morgan fingerprint density at radius 2 is 2.17 bits per heavy atom. The van der Waals surface area contributed by atoms with Crippen LogP contribution >= 0.6 is 0 Å². The molecule has 18 heavy (non-hydrogen) atoms. The van der Waals surface area contributed by atoms with Crippen molar-refractivity contribution in [2.45, 2.75) is 33.2 Å². The Balaban J connectivity index is 2.29. The number of amides is 1. The normalized spacial score (nSPS) is 9.89. The highest BCUT2D eigenvalue weighted by Gasteiger charge is 2.07. The van der Waals surface area contributed by atoms with E-state index >= 15 is 0 Å². The van der Waals surface area contributed by atoms with Gasteiger partial charge in [0.25, 0.3) is 0 Å². The standard InChI is InChI=1S/C13H18N2O3/c1-3-18-13(17)5-4-12(16)15-9-11-6-7-14-8-10(11)2/h6-8H,3-5,9H2,1-2H3,(H,15,16). The molecule has 1 rings (SSSR count). The van der Waals surface area contributed by atoms with Gasteiger partial charge in [0.15, 0.2) is 0 Å². The third-order valence-electron chi connectivity index (χ3n) is 2.47. The lowest BCUT2D eigenvalue weighted by molar-refractivity contribution is -0.144. The third kappa shape index (κ3) is 4.95. The third-order valence-corrected chi connectivity index (χ3v) is 2.47. The first kappa shape index (κ1) is 14.2. The van der Waals surface area contributed by atoms with Crippen molar-refractivity contribution in [2.24, 2.45) is 0 Å². The number of nitrogens with one attached hydrogen (secondary N) is 1. The topological polar surface area (TPSA) is 68.3 Å². The molecule has 5 heteroatoms. The SMILES string of the molecule is CCOC(=O)CCC(=O)NCc1ccncc1C. The Hall–Kier alpha value is -1.91. The fraction of sp³-hybridized carbons (Fsp3) is 0.462. The summed E-state index contributed by atoms with van der Waals surface area (Å²) in [6, 6.07) is 1.86. The summed E-state index contributed by atoms with van der Waals surface area (Å²) < 4.78 is 4.75. The van der Waals surface area contributed by atoms with E-state index in [0.29, 0.717) is 13.2 Å². The van der Waals surface area contributed by atoms with Gasteiger partial charge in [-0.3, -0.25) is 14.6 Å². The van der Waals surface area contributed by atoms with E-state index in [4.69, 9.17) is 4.74 Å². The molecule has 1 amide bonds. The summed E-state index contributed by atoms with van der Waals surface area (Å²) in [6.07, 6.45) is 3.71. The van der Waals surface area contributed by atoms with E-state index in [-0.39, 0.29) is 24.7 Å². The molecule has 0 fully saturated rings. The molecule has 0 aliphatic rings. The Morgan fingerprint density at radius 3 is 2.83 bits per heavy atom. The molecular weight excluding hydrogens is 232 g/mol. The maximum atomic E-state index is 11.5. The smallest absolute Gasteiger partial charge is 0.306 e. The number of aromatic nitrogens is 1. The van der Waals surface area contributed by atoms with Crippen LogP contribution in [0.4, 0.5) is 0 Å². The molecule has 0 bridgehead atoms. The van der Waals surface area contributed by atoms with Crippen LogP contribution in [0.5, 0.6) is 0 Å². The molecule has 0 spiro atoms. The van der Waals surface area contributed by atoms with Crippen LogP contribution in [0.25, 0.3) is 0 Å². The van der Waals surface area contributed by atoms with Crippen LogP contribution in [0.1, 0.15) is 30.9 Å². The van der Waals surface area contributed by atoms with Crippen molar-refractivity contribution in [3.63, 3.8) is 0 Å². The zero-order chi connectivity index (χ0) is 13.4. The molecule has 0 saturated heterocycles. The monoisotopic (exact) mass is 250 g/mol. The first-order valence-electron chi connectivity index (χ1n) is 5.95. The summed E-state index contributed by atoms with van der Waals surface area (Å²) in [5.74, 6) is -0.494. The number of esters is 1. The van der Waals surface area contributed by atoms with E-state index < -0.39 is 0 Å². The van der Waals surface area contributed by atoms with Gasteiger partial charge >= 0.3 is 5.97 Å². The predicted molar refractivity (Wildman–Crippen MR) is 66.7 cm³/mol. The highest BCUT2D eigenvalue weighted by molar-refractivity contribution is 5.81. The molecular formula is C13H18N2O3. The minimum absolute atomic E-state index is 0.120. The molecule has 1 aromatic heterocycles. The second-order valence-electron chi connectivity index (χ2n) is 3.88. The molecule has 98 valence electrons. The van der Waals surface area contributed by atoms with E-state index in [1.807, 2.05) is 13.0 Å². The quantitative estimate of drug-likeness (QED) is 0.774. The first-order valence-corrected chi connectivity index (χ1v) is 5.95. The van der Waals surface area contributed by atoms with Crippen molar-refractivity contribution in [1.82, 2.24) is 10.3 Å². The molecule has 0 unspecified atom stereocenters. The van der Waals surface area contributed by atoms with Crippen LogP contribution in [0, 0.1) is 6.92 Å². The maximum Gasteiger partial charge on any atom is 0.306 e. The number of hydrogen-bond donors (Lipinski definition) is 1. The highest BCUT2D eigenvalue weighted by atomic mass is 16.5. The Labute approximate surface area is 107 Å². The van der Waals surface area contributed by atoms with Gasteiger partial charge in [0.2, 0.25) is 5.91 Å². The van der Waals surface area contributed by atoms with Crippen LogP contribution in [0.2, 0.25) is 0 Å². The number of carbonyl (C=O) groups excluding carboxylic acids is 2. The van der Waals surface area contributed by atoms with Crippen LogP contribution < -0.4 is 5.32 Å². The van der Waals surface area contributed by atoms with Gasteiger partial charge < -0.3 is 10.1 Å². The van der Waals surface area contributed by atoms with E-state index in [1.54, 1.807) is 19.3 Å². The second kappa shape index (κ2) is 7.42. The lowest BCUT2D eigenvalue weighted by Gasteiger charge is -2.07. The van der Waals surface area contributed by atoms with Gasteiger partial charge in [0.05, 0.1) is 13.0 Å². The van der Waals surface area contributed by atoms with Crippen LogP contribution in [0.3, 0.4) is 0 Å². The first-order chi connectivity index (χ1) is 8.63. The summed E-state index contributed by atoms with van der Waals surface area (Å²) >= 11 is 0. The lowest BCUT2D eigenvalue weighted by atomic mass is 10.1. The molecule has 0 radical (unpaired) electrons. The minimum Gasteiger partial charge on any atom is -0.466 e. The van der Waals surface area contributed by atoms with Crippen molar-refractivity contribution in [1.29, 1.82) is 0 Å². The molecule has 0 aliphatic heterocycles. The molecule has 0 saturated carbocycles. The molecule has 0 aliphatic carbocycles. The number of ether oxygens (including phenoxy) is 1. The lowest BCUT2D eigenvalue weighted by Crippen LogP contribution is -2.24. The summed E-state index contributed by atoms with van der Waals surface area (Å²) in [5.41, 5.74) is 2.05. The zero-order valence-corrected chi connectivity index (χ0v) is 10.7. The summed E-state index contributed by atoms with van der Waals surface area (Å²) in [7, 11) is 0. The minimum atomic E-state index is -0.340. The van der Waals surface area contributed by atoms with Crippen molar-refractivity contribution < 1.29 is 14.3 Å². The Bertz CT molecular complexity index is 418. The number of nitrogens with zero attached hydrogens (tertiary/aromatic N) is 1. The number of carbonyl (C=O) groups is 2. The van der Waals surface area contributed by atoms with Crippen molar-refractivity contribution >= 4 is 11.9 Å². The fourth-order valence-electron chi connectivity index (χ4n) is 1.43. The van der Waals surface area contributed by atoms with E-state index in [0.717, 1.165) is 11.1 Å². The second-order valence-corrected chi connectivity index (χ2v) is 3.88. The number of aryl methyl sites for hydroxylation is 1. The average Bonchev–Trinajstić information content (AvgIpc) is 2.36. The molecule has 0 atom stereocenters. The maximum absolute atomic E-state index is 11.5. The highest BCUT2D eigenvalue weighted by Crippen LogP contribution is 2.04. The number of hydrogen-bond acceptors (Lipinski definition) is 4. The molecule has 1 N–H and O–H groups in total. The van der Waals surface area contributed by atoms with E-state index in [2.05, 4.69) is 10.3 Å². The number of rotatable bonds is 6. The van der Waals surface area contributed by atoms with Gasteiger partial charge in [-0.15, -0.1) is 0 Å². The molecule has 0 aromatic carbocycles. The van der Waals surface area contributed by atoms with Gasteiger partial charge in [-0.25, -0.2) is 0 Å². The van der Waals surface area contributed by atoms with Gasteiger partial charge in [-0.1, -0.05) is 0 Å². The van der Waals surface area contributed by atoms with Gasteiger partial charge in [0, 0.05) is 25.4 Å². The van der Waals surface area contributed by atoms with Crippen LogP contribution in [0.15, 0.2) is 18.5 Å². The predicted octanol–water partition coefficient (Wildman–Crippen LogP) is 1.35. The molecule has 5 nitrogen and oxygen atoms in total. The number of pyridine rings is 1. The summed E-state index contributed by atoms with van der Waals surface area (Å²) in [4.78, 5) is 26.5. The average molecular weight is 250 g/mol. The van der Waals surface area contributed by atoms with Crippen molar-refractivity contribution in [3.05, 3.63) is 29.6 Å². The van der Waals surface area contributed by atoms with Crippen LogP contribution in [-0.4, -0.2) is 23.5 Å². The molecule has 1 heterocycles. The Morgan fingerprint density at radius 1 is 1.39 bits per heavy atom. The summed E-state index contributed by atoms with van der Waals surface area (Å²) in [5, 5.41) is 2.76. The fourth-order valence-corrected chi connectivity index (χ4v) is 1.43. The Kier molecular flexibility index (Phi) is 5.84. The van der Waals surface area contributed by atoms with Gasteiger partial charge in [0.1, 0.15) is 0 Å². The van der Waals surface area contributed by atoms with Gasteiger partial charge in [-0.05, 0) is 31.0 Å². The zero-order valence-electron chi connectivity index (χ0n) is 10.7. The van der Waals surface area contributed by atoms with Crippen molar-refractivity contribution in [3.8, 4) is 0 Å². The van der Waals surface area contributed by atoms with Crippen LogP contribution in [-0.2, 0) is 20.9 Å². The van der Waals surface area contributed by atoms with Crippen molar-refractivity contribution in [2.75, 3.05) is 6.61 Å². The van der Waals surface area contributed by atoms with E-state index in [1.165, 1.54) is 0 Å². The largest absolute Gasteiger partial charge is 0.466 e. The van der Waals surface area contributed by atoms with Gasteiger partial charge in [-0.2, -0.15) is 0 Å². The molecule has 1 aromatic rings. The van der Waals surface area contributed by atoms with E-state index in [9.17, 15) is 9.59 Å². The summed E-state index contributed by atoms with van der Waals surface area (Å²) in [6.45, 7) is 4.48.